The number of hydrogen-bond donors (Lipinski definition) is 2. The van der Waals surface area contributed by atoms with Gasteiger partial charge in [-0.25, -0.2) is 9.59 Å². The normalized spacial score (nSPS) is 15.5. The fraction of sp³-hybridized carbons (Fsp3) is 0.333. The zero-order valence-corrected chi connectivity index (χ0v) is 21.4. The summed E-state index contributed by atoms with van der Waals surface area (Å²) in [5.41, 5.74) is 2.44. The number of hydrogen-bond acceptors (Lipinski definition) is 4. The first kappa shape index (κ1) is 26.8. The van der Waals surface area contributed by atoms with E-state index in [0.29, 0.717) is 36.5 Å². The average Bonchev–Trinajstić information content (AvgIpc) is 2.82. The fourth-order valence-corrected chi connectivity index (χ4v) is 5.22. The fourth-order valence-electron chi connectivity index (χ4n) is 4.80. The molecule has 0 bridgehead atoms. The molecule has 0 aliphatic carbocycles. The van der Waals surface area contributed by atoms with Gasteiger partial charge >= 0.3 is 11.9 Å². The summed E-state index contributed by atoms with van der Waals surface area (Å²) in [5.74, 6) is -3.28. The SMILES string of the molecule is COCCC(CCN1C(C)=C(C(=O)O)C(c2cccc(Cl)c2Cl)C(C(=O)O)=C1C)c1ccccc1. The molecule has 2 N–H and O–H groups in total. The summed E-state index contributed by atoms with van der Waals surface area (Å²) in [7, 11) is 1.66. The van der Waals surface area contributed by atoms with Crippen LogP contribution in [0.4, 0.5) is 0 Å². The van der Waals surface area contributed by atoms with Crippen LogP contribution in [-0.4, -0.2) is 47.3 Å². The van der Waals surface area contributed by atoms with Crippen molar-refractivity contribution in [1.82, 2.24) is 4.90 Å². The Balaban J connectivity index is 2.05. The highest BCUT2D eigenvalue weighted by molar-refractivity contribution is 6.42. The summed E-state index contributed by atoms with van der Waals surface area (Å²) in [6.07, 6.45) is 1.47. The summed E-state index contributed by atoms with van der Waals surface area (Å²) in [5, 5.41) is 20.8. The molecule has 2 aromatic rings. The largest absolute Gasteiger partial charge is 0.478 e. The third-order valence-corrected chi connectivity index (χ3v) is 7.40. The lowest BCUT2D eigenvalue weighted by Crippen LogP contribution is -2.35. The molecular weight excluding hydrogens is 489 g/mol. The summed E-state index contributed by atoms with van der Waals surface area (Å²) in [4.78, 5) is 26.7. The lowest BCUT2D eigenvalue weighted by molar-refractivity contribution is -0.133. The van der Waals surface area contributed by atoms with E-state index in [-0.39, 0.29) is 27.1 Å². The van der Waals surface area contributed by atoms with Crippen LogP contribution in [0.15, 0.2) is 71.1 Å². The minimum atomic E-state index is -1.20. The van der Waals surface area contributed by atoms with Gasteiger partial charge in [-0.3, -0.25) is 0 Å². The van der Waals surface area contributed by atoms with Gasteiger partial charge in [0.15, 0.2) is 0 Å². The highest BCUT2D eigenvalue weighted by Crippen LogP contribution is 2.45. The number of benzene rings is 2. The van der Waals surface area contributed by atoms with E-state index >= 15 is 0 Å². The number of nitrogens with zero attached hydrogens (tertiary/aromatic N) is 1. The van der Waals surface area contributed by atoms with Crippen molar-refractivity contribution >= 4 is 35.1 Å². The van der Waals surface area contributed by atoms with Crippen LogP contribution in [0.5, 0.6) is 0 Å². The van der Waals surface area contributed by atoms with Gasteiger partial charge in [0, 0.05) is 31.7 Å². The van der Waals surface area contributed by atoms with E-state index in [1.54, 1.807) is 44.1 Å². The number of ether oxygens (including phenoxy) is 1. The molecule has 0 radical (unpaired) electrons. The molecule has 0 fully saturated rings. The highest BCUT2D eigenvalue weighted by atomic mass is 35.5. The van der Waals surface area contributed by atoms with E-state index in [1.807, 2.05) is 18.2 Å². The van der Waals surface area contributed by atoms with Gasteiger partial charge in [-0.1, -0.05) is 65.7 Å². The highest BCUT2D eigenvalue weighted by Gasteiger charge is 2.40. The summed E-state index contributed by atoms with van der Waals surface area (Å²) < 4.78 is 5.30. The summed E-state index contributed by atoms with van der Waals surface area (Å²) >= 11 is 12.6. The molecule has 3 rings (SSSR count). The van der Waals surface area contributed by atoms with Crippen molar-refractivity contribution in [2.75, 3.05) is 20.3 Å². The van der Waals surface area contributed by atoms with Gasteiger partial charge in [0.05, 0.1) is 27.1 Å². The second kappa shape index (κ2) is 11.8. The molecular formula is C27H29Cl2NO5. The maximum absolute atomic E-state index is 12.5. The number of carboxylic acids is 2. The van der Waals surface area contributed by atoms with Crippen molar-refractivity contribution in [3.63, 3.8) is 0 Å². The zero-order chi connectivity index (χ0) is 25.7. The lowest BCUT2D eigenvalue weighted by Gasteiger charge is -2.38. The zero-order valence-electron chi connectivity index (χ0n) is 19.9. The van der Waals surface area contributed by atoms with Crippen LogP contribution in [0.1, 0.15) is 49.7 Å². The molecule has 2 aromatic carbocycles. The Bertz CT molecular complexity index is 1120. The van der Waals surface area contributed by atoms with Crippen molar-refractivity contribution < 1.29 is 24.5 Å². The van der Waals surface area contributed by atoms with Crippen LogP contribution < -0.4 is 0 Å². The summed E-state index contributed by atoms with van der Waals surface area (Å²) in [6, 6.07) is 14.9. The summed E-state index contributed by atoms with van der Waals surface area (Å²) in [6.45, 7) is 4.46. The molecule has 0 aromatic heterocycles. The number of allylic oxidation sites excluding steroid dienone is 2. The van der Waals surface area contributed by atoms with E-state index in [4.69, 9.17) is 27.9 Å². The smallest absolute Gasteiger partial charge is 0.334 e. The lowest BCUT2D eigenvalue weighted by atomic mass is 9.79. The Morgan fingerprint density at radius 3 is 2.09 bits per heavy atom. The van der Waals surface area contributed by atoms with Crippen LogP contribution in [-0.2, 0) is 14.3 Å². The van der Waals surface area contributed by atoms with Crippen LogP contribution in [0, 0.1) is 0 Å². The molecule has 1 heterocycles. The Morgan fingerprint density at radius 2 is 1.54 bits per heavy atom. The Hall–Kier alpha value is -2.80. The molecule has 0 amide bonds. The molecule has 186 valence electrons. The molecule has 0 saturated carbocycles. The van der Waals surface area contributed by atoms with Crippen LogP contribution in [0.3, 0.4) is 0 Å². The average molecular weight is 518 g/mol. The minimum Gasteiger partial charge on any atom is -0.478 e. The third kappa shape index (κ3) is 5.72. The van der Waals surface area contributed by atoms with Crippen molar-refractivity contribution in [1.29, 1.82) is 0 Å². The van der Waals surface area contributed by atoms with E-state index in [9.17, 15) is 19.8 Å². The topological polar surface area (TPSA) is 87.1 Å². The molecule has 1 aliphatic rings. The Kier molecular flexibility index (Phi) is 9.00. The van der Waals surface area contributed by atoms with E-state index in [2.05, 4.69) is 12.1 Å². The molecule has 8 heteroatoms. The van der Waals surface area contributed by atoms with Crippen molar-refractivity contribution in [3.05, 3.63) is 92.2 Å². The first-order chi connectivity index (χ1) is 16.7. The number of carbonyl (C=O) groups is 2. The van der Waals surface area contributed by atoms with Crippen molar-refractivity contribution in [3.8, 4) is 0 Å². The van der Waals surface area contributed by atoms with Gasteiger partial charge in [-0.05, 0) is 49.8 Å². The first-order valence-electron chi connectivity index (χ1n) is 11.3. The van der Waals surface area contributed by atoms with Gasteiger partial charge in [-0.2, -0.15) is 0 Å². The Morgan fingerprint density at radius 1 is 0.943 bits per heavy atom. The quantitative estimate of drug-likeness (QED) is 0.383. The van der Waals surface area contributed by atoms with E-state index in [0.717, 1.165) is 12.0 Å². The van der Waals surface area contributed by atoms with E-state index in [1.165, 1.54) is 0 Å². The van der Waals surface area contributed by atoms with Gasteiger partial charge in [0.25, 0.3) is 0 Å². The van der Waals surface area contributed by atoms with Gasteiger partial charge in [0.2, 0.25) is 0 Å². The predicted octanol–water partition coefficient (Wildman–Crippen LogP) is 6.32. The molecule has 1 aliphatic heterocycles. The van der Waals surface area contributed by atoms with Crippen LogP contribution >= 0.6 is 23.2 Å². The predicted molar refractivity (Wildman–Crippen MR) is 137 cm³/mol. The number of halogens is 2. The van der Waals surface area contributed by atoms with Crippen molar-refractivity contribution in [2.24, 2.45) is 0 Å². The van der Waals surface area contributed by atoms with Gasteiger partial charge in [0.1, 0.15) is 0 Å². The van der Waals surface area contributed by atoms with Gasteiger partial charge in [-0.15, -0.1) is 0 Å². The van der Waals surface area contributed by atoms with Gasteiger partial charge < -0.3 is 19.8 Å². The van der Waals surface area contributed by atoms with Crippen LogP contribution in [0.25, 0.3) is 0 Å². The molecule has 1 atom stereocenters. The number of rotatable bonds is 10. The molecule has 0 saturated heterocycles. The molecule has 1 unspecified atom stereocenters. The third-order valence-electron chi connectivity index (χ3n) is 6.56. The number of carboxylic acid groups (broad SMARTS) is 2. The minimum absolute atomic E-state index is 0.0229. The molecule has 0 spiro atoms. The molecule has 35 heavy (non-hydrogen) atoms. The van der Waals surface area contributed by atoms with E-state index < -0.39 is 17.9 Å². The number of aliphatic carboxylic acids is 2. The van der Waals surface area contributed by atoms with Crippen molar-refractivity contribution in [2.45, 2.75) is 38.5 Å². The number of methoxy groups -OCH3 is 1. The van der Waals surface area contributed by atoms with Crippen LogP contribution in [0.2, 0.25) is 10.0 Å². The first-order valence-corrected chi connectivity index (χ1v) is 12.1. The second-order valence-corrected chi connectivity index (χ2v) is 9.30. The molecule has 6 nitrogen and oxygen atoms in total. The maximum atomic E-state index is 12.5. The standard InChI is InChI=1S/C27H29Cl2NO5/c1-16-22(26(31)32)24(20-10-7-11-21(28)25(20)29)23(27(33)34)17(2)30(16)14-12-19(13-15-35-3)18-8-5-4-6-9-18/h4-11,19,24H,12-15H2,1-3H3,(H,31,32)(H,33,34). The monoisotopic (exact) mass is 517 g/mol. The second-order valence-electron chi connectivity index (χ2n) is 8.51. The Labute approximate surface area is 215 Å². The maximum Gasteiger partial charge on any atom is 0.334 e.